The molecule has 0 aliphatic heterocycles. The molecule has 18 heavy (non-hydrogen) atoms. The maximum atomic E-state index is 12.0. The molecule has 2 rings (SSSR count). The summed E-state index contributed by atoms with van der Waals surface area (Å²) >= 11 is 1.42. The Bertz CT molecular complexity index is 408. The topological polar surface area (TPSA) is 52.3 Å². The van der Waals surface area contributed by atoms with Crippen LogP contribution < -0.4 is 5.73 Å². The van der Waals surface area contributed by atoms with E-state index < -0.39 is 0 Å². The first kappa shape index (κ1) is 13.4. The van der Waals surface area contributed by atoms with Gasteiger partial charge in [0.05, 0.1) is 0 Å². The second-order valence-corrected chi connectivity index (χ2v) is 6.35. The van der Waals surface area contributed by atoms with Crippen molar-refractivity contribution in [3.8, 4) is 0 Å². The van der Waals surface area contributed by atoms with Crippen LogP contribution in [0.4, 0.5) is 5.69 Å². The Hall–Kier alpha value is -1.03. The summed E-state index contributed by atoms with van der Waals surface area (Å²) in [5.41, 5.74) is 6.44. The van der Waals surface area contributed by atoms with E-state index >= 15 is 0 Å². The van der Waals surface area contributed by atoms with Gasteiger partial charge in [0.2, 0.25) is 0 Å². The van der Waals surface area contributed by atoms with E-state index in [4.69, 9.17) is 10.5 Å². The monoisotopic (exact) mass is 267 g/mol. The summed E-state index contributed by atoms with van der Waals surface area (Å²) < 4.78 is 5.59. The van der Waals surface area contributed by atoms with Crippen molar-refractivity contribution in [1.82, 2.24) is 0 Å². The van der Waals surface area contributed by atoms with Crippen molar-refractivity contribution < 1.29 is 9.53 Å². The third kappa shape index (κ3) is 3.05. The number of rotatable bonds is 3. The Labute approximate surface area is 112 Å². The van der Waals surface area contributed by atoms with Crippen molar-refractivity contribution in [2.24, 2.45) is 5.92 Å². The minimum absolute atomic E-state index is 0.0971. The number of thiophene rings is 1. The first-order chi connectivity index (χ1) is 8.60. The average molecular weight is 267 g/mol. The van der Waals surface area contributed by atoms with Gasteiger partial charge in [-0.15, -0.1) is 11.3 Å². The van der Waals surface area contributed by atoms with E-state index in [9.17, 15) is 4.79 Å². The van der Waals surface area contributed by atoms with Gasteiger partial charge in [-0.05, 0) is 38.2 Å². The molecule has 1 aliphatic rings. The average Bonchev–Trinajstić information content (AvgIpc) is 2.70. The number of aryl methyl sites for hydroxylation is 1. The van der Waals surface area contributed by atoms with Crippen molar-refractivity contribution in [3.63, 3.8) is 0 Å². The lowest BCUT2D eigenvalue weighted by Crippen LogP contribution is -2.25. The second-order valence-electron chi connectivity index (χ2n) is 5.09. The SMILES string of the molecule is CCC1CCCC(OC(=O)c2cc(N)c(C)s2)C1. The highest BCUT2D eigenvalue weighted by atomic mass is 32.1. The molecule has 0 aromatic carbocycles. The second kappa shape index (κ2) is 5.74. The highest BCUT2D eigenvalue weighted by Crippen LogP contribution is 2.30. The molecule has 0 bridgehead atoms. The molecule has 1 heterocycles. The van der Waals surface area contributed by atoms with Crippen LogP contribution in [0.5, 0.6) is 0 Å². The van der Waals surface area contributed by atoms with Crippen LogP contribution in [-0.2, 0) is 4.74 Å². The van der Waals surface area contributed by atoms with Gasteiger partial charge in [0.1, 0.15) is 11.0 Å². The molecule has 0 saturated heterocycles. The molecule has 3 nitrogen and oxygen atoms in total. The summed E-state index contributed by atoms with van der Waals surface area (Å²) in [4.78, 5) is 13.6. The minimum atomic E-state index is -0.207. The molecule has 1 fully saturated rings. The van der Waals surface area contributed by atoms with Gasteiger partial charge in [-0.2, -0.15) is 0 Å². The quantitative estimate of drug-likeness (QED) is 0.848. The van der Waals surface area contributed by atoms with Crippen molar-refractivity contribution in [3.05, 3.63) is 15.8 Å². The molecule has 2 N–H and O–H groups in total. The van der Waals surface area contributed by atoms with Crippen LogP contribution in [0.25, 0.3) is 0 Å². The molecule has 100 valence electrons. The van der Waals surface area contributed by atoms with Gasteiger partial charge < -0.3 is 10.5 Å². The molecular weight excluding hydrogens is 246 g/mol. The minimum Gasteiger partial charge on any atom is -0.458 e. The molecule has 1 aromatic rings. The van der Waals surface area contributed by atoms with E-state index in [0.717, 1.165) is 17.7 Å². The fourth-order valence-electron chi connectivity index (χ4n) is 2.53. The number of carbonyl (C=O) groups excluding carboxylic acids is 1. The van der Waals surface area contributed by atoms with Crippen LogP contribution in [0.2, 0.25) is 0 Å². The number of hydrogen-bond donors (Lipinski definition) is 1. The third-order valence-corrected chi connectivity index (χ3v) is 4.79. The largest absolute Gasteiger partial charge is 0.458 e. The standard InChI is InChI=1S/C14H21NO2S/c1-3-10-5-4-6-11(7-10)17-14(16)13-8-12(15)9(2)18-13/h8,10-11H,3-7,15H2,1-2H3. The van der Waals surface area contributed by atoms with Gasteiger partial charge in [-0.1, -0.05) is 19.8 Å². The molecule has 4 heteroatoms. The number of nitrogen functional groups attached to an aromatic ring is 1. The van der Waals surface area contributed by atoms with E-state index in [1.165, 1.54) is 30.6 Å². The van der Waals surface area contributed by atoms with Gasteiger partial charge in [0, 0.05) is 10.6 Å². The predicted molar refractivity (Wildman–Crippen MR) is 74.9 cm³/mol. The van der Waals surface area contributed by atoms with Crippen LogP contribution in [0.3, 0.4) is 0 Å². The number of carbonyl (C=O) groups is 1. The Morgan fingerprint density at radius 2 is 2.33 bits per heavy atom. The Morgan fingerprint density at radius 3 is 2.94 bits per heavy atom. The summed E-state index contributed by atoms with van der Waals surface area (Å²) in [6, 6.07) is 1.72. The van der Waals surface area contributed by atoms with Crippen LogP contribution >= 0.6 is 11.3 Å². The van der Waals surface area contributed by atoms with Crippen molar-refractivity contribution in [1.29, 1.82) is 0 Å². The molecule has 2 atom stereocenters. The van der Waals surface area contributed by atoms with Crippen molar-refractivity contribution >= 4 is 23.0 Å². The van der Waals surface area contributed by atoms with Crippen molar-refractivity contribution in [2.75, 3.05) is 5.73 Å². The highest BCUT2D eigenvalue weighted by molar-refractivity contribution is 7.14. The van der Waals surface area contributed by atoms with E-state index in [0.29, 0.717) is 16.5 Å². The van der Waals surface area contributed by atoms with Crippen LogP contribution in [0, 0.1) is 12.8 Å². The Balaban J connectivity index is 1.94. The predicted octanol–water partition coefficient (Wildman–Crippen LogP) is 3.76. The smallest absolute Gasteiger partial charge is 0.348 e. The molecule has 0 amide bonds. The summed E-state index contributed by atoms with van der Waals surface area (Å²) in [5, 5.41) is 0. The zero-order chi connectivity index (χ0) is 13.1. The zero-order valence-corrected chi connectivity index (χ0v) is 11.9. The summed E-state index contributed by atoms with van der Waals surface area (Å²) in [7, 11) is 0. The Kier molecular flexibility index (Phi) is 4.27. The fourth-order valence-corrected chi connectivity index (χ4v) is 3.35. The van der Waals surface area contributed by atoms with E-state index in [1.54, 1.807) is 6.07 Å². The molecule has 0 spiro atoms. The fraction of sp³-hybridized carbons (Fsp3) is 0.643. The molecule has 1 aliphatic carbocycles. The number of esters is 1. The van der Waals surface area contributed by atoms with Gasteiger partial charge in [-0.3, -0.25) is 0 Å². The lowest BCUT2D eigenvalue weighted by Gasteiger charge is -2.27. The molecule has 2 unspecified atom stereocenters. The molecule has 1 saturated carbocycles. The van der Waals surface area contributed by atoms with Gasteiger partial charge in [0.25, 0.3) is 0 Å². The number of nitrogens with two attached hydrogens (primary N) is 1. The maximum Gasteiger partial charge on any atom is 0.348 e. The van der Waals surface area contributed by atoms with Gasteiger partial charge in [-0.25, -0.2) is 4.79 Å². The zero-order valence-electron chi connectivity index (χ0n) is 11.1. The molecular formula is C14H21NO2S. The normalized spacial score (nSPS) is 23.9. The first-order valence-electron chi connectivity index (χ1n) is 6.67. The van der Waals surface area contributed by atoms with E-state index in [-0.39, 0.29) is 12.1 Å². The maximum absolute atomic E-state index is 12.0. The van der Waals surface area contributed by atoms with E-state index in [2.05, 4.69) is 6.92 Å². The first-order valence-corrected chi connectivity index (χ1v) is 7.48. The summed E-state index contributed by atoms with van der Waals surface area (Å²) in [6.45, 7) is 4.13. The molecule has 0 radical (unpaired) electrons. The van der Waals surface area contributed by atoms with Gasteiger partial charge in [0.15, 0.2) is 0 Å². The highest BCUT2D eigenvalue weighted by Gasteiger charge is 2.25. The lowest BCUT2D eigenvalue weighted by atomic mass is 9.85. The number of anilines is 1. The van der Waals surface area contributed by atoms with Crippen LogP contribution in [0.1, 0.15) is 53.6 Å². The van der Waals surface area contributed by atoms with Gasteiger partial charge >= 0.3 is 5.97 Å². The Morgan fingerprint density at radius 1 is 1.56 bits per heavy atom. The van der Waals surface area contributed by atoms with Crippen LogP contribution in [0.15, 0.2) is 6.07 Å². The lowest BCUT2D eigenvalue weighted by molar-refractivity contribution is 0.0145. The van der Waals surface area contributed by atoms with E-state index in [1.807, 2.05) is 6.92 Å². The summed E-state index contributed by atoms with van der Waals surface area (Å²) in [6.07, 6.45) is 5.74. The van der Waals surface area contributed by atoms with Crippen LogP contribution in [-0.4, -0.2) is 12.1 Å². The number of hydrogen-bond acceptors (Lipinski definition) is 4. The third-order valence-electron chi connectivity index (χ3n) is 3.74. The van der Waals surface area contributed by atoms with Crippen molar-refractivity contribution in [2.45, 2.75) is 52.1 Å². The number of ether oxygens (including phenoxy) is 1. The summed E-state index contributed by atoms with van der Waals surface area (Å²) in [5.74, 6) is 0.508. The molecule has 1 aromatic heterocycles.